The Balaban J connectivity index is 1.74. The topological polar surface area (TPSA) is 216 Å². The third kappa shape index (κ3) is 10.2. The molecule has 44 heavy (non-hydrogen) atoms. The summed E-state index contributed by atoms with van der Waals surface area (Å²) in [4.78, 5) is 60.6. The van der Waals surface area contributed by atoms with E-state index < -0.39 is 47.9 Å². The average molecular weight is 614 g/mol. The van der Waals surface area contributed by atoms with Crippen LogP contribution in [0.5, 0.6) is 0 Å². The number of H-pyrrole nitrogens is 1. The average Bonchev–Trinajstić information content (AvgIpc) is 3.61. The van der Waals surface area contributed by atoms with Crippen LogP contribution in [0.3, 0.4) is 0 Å². The van der Waals surface area contributed by atoms with Crippen LogP contribution in [-0.4, -0.2) is 87.1 Å². The number of aliphatic hydroxyl groups is 1. The van der Waals surface area contributed by atoms with Gasteiger partial charge < -0.3 is 42.2 Å². The van der Waals surface area contributed by atoms with Crippen molar-refractivity contribution in [1.82, 2.24) is 20.5 Å². The number of amides is 3. The van der Waals surface area contributed by atoms with Crippen LogP contribution in [0.4, 0.5) is 0 Å². The maximum absolute atomic E-state index is 14.0. The number of aliphatic hydroxyl groups excluding tert-OH is 1. The first-order valence-electron chi connectivity index (χ1n) is 15.4. The maximum Gasteiger partial charge on any atom is 0.326 e. The molecule has 1 aliphatic heterocycles. The van der Waals surface area contributed by atoms with Crippen molar-refractivity contribution in [2.24, 2.45) is 22.4 Å². The zero-order chi connectivity index (χ0) is 32.2. The predicted molar refractivity (Wildman–Crippen MR) is 167 cm³/mol. The molecule has 3 amide bonds. The first-order chi connectivity index (χ1) is 21.0. The molecule has 1 fully saturated rings. The first-order valence-corrected chi connectivity index (χ1v) is 15.4. The van der Waals surface area contributed by atoms with Gasteiger partial charge in [0.2, 0.25) is 17.7 Å². The third-order valence-electron chi connectivity index (χ3n) is 7.87. The molecule has 0 bridgehead atoms. The van der Waals surface area contributed by atoms with Gasteiger partial charge in [-0.2, -0.15) is 0 Å². The number of benzene rings is 1. The molecule has 9 N–H and O–H groups in total. The second kappa shape index (κ2) is 16.6. The Morgan fingerprint density at radius 1 is 1.07 bits per heavy atom. The molecule has 2 heterocycles. The summed E-state index contributed by atoms with van der Waals surface area (Å²) in [7, 11) is 0. The number of nitrogens with zero attached hydrogens (tertiary/aromatic N) is 2. The van der Waals surface area contributed by atoms with Gasteiger partial charge in [0.05, 0.1) is 12.5 Å². The number of carbonyl (C=O) groups excluding carboxylic acids is 3. The van der Waals surface area contributed by atoms with E-state index in [4.69, 9.17) is 11.5 Å². The van der Waals surface area contributed by atoms with Crippen LogP contribution in [0.1, 0.15) is 70.8 Å². The van der Waals surface area contributed by atoms with Crippen LogP contribution >= 0.6 is 0 Å². The fourth-order valence-corrected chi connectivity index (χ4v) is 5.58. The number of rotatable bonds is 17. The number of aliphatic imine (C=N–C) groups is 1. The molecule has 1 aliphatic rings. The highest BCUT2D eigenvalue weighted by Crippen LogP contribution is 2.23. The van der Waals surface area contributed by atoms with E-state index in [9.17, 15) is 29.4 Å². The number of carboxylic acids is 1. The second-order valence-electron chi connectivity index (χ2n) is 11.9. The number of fused-ring (bicyclic) bond motifs is 1. The Bertz CT molecular complexity index is 1310. The van der Waals surface area contributed by atoms with E-state index in [0.717, 1.165) is 29.3 Å². The molecule has 4 unspecified atom stereocenters. The van der Waals surface area contributed by atoms with E-state index in [1.165, 1.54) is 4.90 Å². The van der Waals surface area contributed by atoms with Crippen molar-refractivity contribution in [2.75, 3.05) is 13.1 Å². The molecule has 13 heteroatoms. The van der Waals surface area contributed by atoms with E-state index in [1.807, 2.05) is 24.3 Å². The number of guanidine groups is 1. The van der Waals surface area contributed by atoms with Crippen LogP contribution < -0.4 is 22.1 Å². The molecule has 3 rings (SSSR count). The van der Waals surface area contributed by atoms with Gasteiger partial charge in [-0.25, -0.2) is 4.79 Å². The Hall–Kier alpha value is -4.13. The van der Waals surface area contributed by atoms with Gasteiger partial charge >= 0.3 is 5.97 Å². The number of hydrogen-bond acceptors (Lipinski definition) is 6. The molecule has 2 aromatic rings. The third-order valence-corrected chi connectivity index (χ3v) is 7.87. The van der Waals surface area contributed by atoms with E-state index in [1.54, 1.807) is 6.20 Å². The van der Waals surface area contributed by atoms with Crippen LogP contribution in [0.15, 0.2) is 35.5 Å². The van der Waals surface area contributed by atoms with Gasteiger partial charge in [0.1, 0.15) is 18.1 Å². The molecule has 1 aromatic heterocycles. The van der Waals surface area contributed by atoms with E-state index >= 15 is 0 Å². The number of nitrogens with two attached hydrogens (primary N) is 2. The predicted octanol–water partition coefficient (Wildman–Crippen LogP) is 1.39. The minimum atomic E-state index is -1.20. The van der Waals surface area contributed by atoms with Crippen molar-refractivity contribution >= 4 is 40.6 Å². The smallest absolute Gasteiger partial charge is 0.326 e. The monoisotopic (exact) mass is 613 g/mol. The molecule has 4 atom stereocenters. The number of aromatic amines is 1. The summed E-state index contributed by atoms with van der Waals surface area (Å²) in [6, 6.07) is 4.58. The van der Waals surface area contributed by atoms with Crippen molar-refractivity contribution in [3.05, 3.63) is 36.0 Å². The lowest BCUT2D eigenvalue weighted by molar-refractivity contribution is -0.145. The number of hydrogen-bond donors (Lipinski definition) is 7. The standard InChI is InChI=1S/C31H47N7O6/c1-19(2)8-5-9-21(39)17-27(40)36-25(16-20-18-35-23-11-4-3-10-22(20)23)29(42)38-15-7-13-26(38)28(41)37-24(30(43)44)12-6-14-34-31(32)33/h3-4,10-11,18-19,21,24-26,35,39H,5-9,12-17H2,1-2H3,(H,36,40)(H,37,41)(H,43,44)(H4,32,33,34). The highest BCUT2D eigenvalue weighted by molar-refractivity contribution is 5.94. The molecule has 1 aromatic carbocycles. The van der Waals surface area contributed by atoms with Crippen molar-refractivity contribution in [3.8, 4) is 0 Å². The summed E-state index contributed by atoms with van der Waals surface area (Å²) in [6.07, 6.45) is 4.57. The number of aromatic nitrogens is 1. The Kier molecular flexibility index (Phi) is 13.0. The highest BCUT2D eigenvalue weighted by atomic mass is 16.4. The summed E-state index contributed by atoms with van der Waals surface area (Å²) in [6.45, 7) is 4.71. The Morgan fingerprint density at radius 2 is 1.82 bits per heavy atom. The summed E-state index contributed by atoms with van der Waals surface area (Å²) in [5.74, 6) is -2.26. The Morgan fingerprint density at radius 3 is 2.52 bits per heavy atom. The molecule has 0 saturated carbocycles. The fourth-order valence-electron chi connectivity index (χ4n) is 5.58. The highest BCUT2D eigenvalue weighted by Gasteiger charge is 2.39. The normalized spacial score (nSPS) is 16.8. The number of carboxylic acid groups (broad SMARTS) is 1. The largest absolute Gasteiger partial charge is 0.480 e. The summed E-state index contributed by atoms with van der Waals surface area (Å²) < 4.78 is 0. The van der Waals surface area contributed by atoms with Gasteiger partial charge in [-0.3, -0.25) is 19.4 Å². The molecule has 242 valence electrons. The van der Waals surface area contributed by atoms with Crippen LogP contribution in [-0.2, 0) is 25.6 Å². The van der Waals surface area contributed by atoms with Crippen molar-refractivity contribution in [3.63, 3.8) is 0 Å². The molecular formula is C31H47N7O6. The SMILES string of the molecule is CC(C)CCCC(O)CC(=O)NC(Cc1c[nH]c2ccccc12)C(=O)N1CCCC1C(=O)NC(CCCN=C(N)N)C(=O)O. The Labute approximate surface area is 257 Å². The van der Waals surface area contributed by atoms with Crippen molar-refractivity contribution in [2.45, 2.75) is 95.9 Å². The first kappa shape index (κ1) is 34.4. The summed E-state index contributed by atoms with van der Waals surface area (Å²) in [5, 5.41) is 26.4. The van der Waals surface area contributed by atoms with Gasteiger partial charge in [-0.1, -0.05) is 44.9 Å². The van der Waals surface area contributed by atoms with Gasteiger partial charge in [0.25, 0.3) is 0 Å². The van der Waals surface area contributed by atoms with Gasteiger partial charge in [-0.05, 0) is 49.7 Å². The zero-order valence-corrected chi connectivity index (χ0v) is 25.6. The van der Waals surface area contributed by atoms with Gasteiger partial charge in [0, 0.05) is 36.6 Å². The molecule has 0 radical (unpaired) electrons. The molecular weight excluding hydrogens is 566 g/mol. The minimum Gasteiger partial charge on any atom is -0.480 e. The minimum absolute atomic E-state index is 0.101. The fraction of sp³-hybridized carbons (Fsp3) is 0.581. The summed E-state index contributed by atoms with van der Waals surface area (Å²) >= 11 is 0. The molecule has 13 nitrogen and oxygen atoms in total. The van der Waals surface area contributed by atoms with Crippen LogP contribution in [0, 0.1) is 5.92 Å². The van der Waals surface area contributed by atoms with Gasteiger partial charge in [-0.15, -0.1) is 0 Å². The number of para-hydroxylation sites is 1. The zero-order valence-electron chi connectivity index (χ0n) is 25.6. The lowest BCUT2D eigenvalue weighted by Crippen LogP contribution is -2.56. The van der Waals surface area contributed by atoms with Crippen LogP contribution in [0.25, 0.3) is 10.9 Å². The number of aliphatic carboxylic acids is 1. The van der Waals surface area contributed by atoms with Gasteiger partial charge in [0.15, 0.2) is 5.96 Å². The van der Waals surface area contributed by atoms with E-state index in [0.29, 0.717) is 31.6 Å². The van der Waals surface area contributed by atoms with Crippen LogP contribution in [0.2, 0.25) is 0 Å². The maximum atomic E-state index is 14.0. The quantitative estimate of drug-likeness (QED) is 0.0784. The van der Waals surface area contributed by atoms with Crippen molar-refractivity contribution < 1.29 is 29.4 Å². The number of likely N-dealkylation sites (tertiary alicyclic amines) is 1. The lowest BCUT2D eigenvalue weighted by atomic mass is 10.0. The van der Waals surface area contributed by atoms with E-state index in [2.05, 4.69) is 34.5 Å². The van der Waals surface area contributed by atoms with Crippen molar-refractivity contribution in [1.29, 1.82) is 0 Å². The lowest BCUT2D eigenvalue weighted by Gasteiger charge is -2.29. The molecule has 0 spiro atoms. The second-order valence-corrected chi connectivity index (χ2v) is 11.9. The molecule has 1 saturated heterocycles. The number of carbonyl (C=O) groups is 4. The van der Waals surface area contributed by atoms with E-state index in [-0.39, 0.29) is 38.3 Å². The number of nitrogens with one attached hydrogen (secondary N) is 3. The summed E-state index contributed by atoms with van der Waals surface area (Å²) in [5.41, 5.74) is 12.3. The molecule has 0 aliphatic carbocycles.